The first-order chi connectivity index (χ1) is 3.43. The number of hydrogen-bond donors (Lipinski definition) is 1. The van der Waals surface area contributed by atoms with Crippen LogP contribution in [0.5, 0.6) is 0 Å². The second-order valence-corrected chi connectivity index (χ2v) is 1.60. The highest BCUT2D eigenvalue weighted by Gasteiger charge is 2.06. The summed E-state index contributed by atoms with van der Waals surface area (Å²) in [6.07, 6.45) is 4.94. The van der Waals surface area contributed by atoms with E-state index in [0.29, 0.717) is 6.54 Å². The Hall–Kier alpha value is -0.500. The van der Waals surface area contributed by atoms with Gasteiger partial charge >= 0.3 is 0 Å². The molecule has 2 N–H and O–H groups in total. The molecular weight excluding hydrogens is 90.1 g/mol. The quantitative estimate of drug-likeness (QED) is 0.511. The average molecular weight is 99.1 g/mol. The smallest absolute Gasteiger partial charge is 0.113 e. The van der Waals surface area contributed by atoms with Gasteiger partial charge in [0.25, 0.3) is 0 Å². The fraction of sp³-hybridized carbons (Fsp3) is 0.600. The minimum Gasteiger partial charge on any atom is -0.497 e. The minimum atomic E-state index is 0.264. The van der Waals surface area contributed by atoms with Gasteiger partial charge in [0.1, 0.15) is 6.10 Å². The van der Waals surface area contributed by atoms with Crippen LogP contribution in [0.4, 0.5) is 0 Å². The van der Waals surface area contributed by atoms with Crippen LogP contribution in [0, 0.1) is 0 Å². The van der Waals surface area contributed by atoms with Crippen LogP contribution >= 0.6 is 0 Å². The van der Waals surface area contributed by atoms with Gasteiger partial charge in [0.2, 0.25) is 0 Å². The van der Waals surface area contributed by atoms with E-state index in [0.717, 1.165) is 6.42 Å². The zero-order valence-electron chi connectivity index (χ0n) is 4.13. The third-order valence-electron chi connectivity index (χ3n) is 1.03. The molecule has 0 aromatic rings. The summed E-state index contributed by atoms with van der Waals surface area (Å²) >= 11 is 0. The van der Waals surface area contributed by atoms with Crippen molar-refractivity contribution < 1.29 is 4.74 Å². The Kier molecular flexibility index (Phi) is 1.32. The van der Waals surface area contributed by atoms with Crippen LogP contribution < -0.4 is 5.73 Å². The normalized spacial score (nSPS) is 27.9. The maximum atomic E-state index is 5.27. The summed E-state index contributed by atoms with van der Waals surface area (Å²) in [4.78, 5) is 0. The van der Waals surface area contributed by atoms with E-state index in [2.05, 4.69) is 0 Å². The molecule has 1 rings (SSSR count). The topological polar surface area (TPSA) is 35.2 Å². The Balaban J connectivity index is 2.22. The largest absolute Gasteiger partial charge is 0.497 e. The lowest BCUT2D eigenvalue weighted by Crippen LogP contribution is -2.17. The molecule has 2 heteroatoms. The third kappa shape index (κ3) is 0.933. The van der Waals surface area contributed by atoms with Crippen LogP contribution in [0.15, 0.2) is 12.3 Å². The third-order valence-corrected chi connectivity index (χ3v) is 1.03. The summed E-state index contributed by atoms with van der Waals surface area (Å²) in [5, 5.41) is 0. The van der Waals surface area contributed by atoms with E-state index < -0.39 is 0 Å². The Morgan fingerprint density at radius 3 is 3.00 bits per heavy atom. The van der Waals surface area contributed by atoms with Crippen molar-refractivity contribution in [2.75, 3.05) is 6.54 Å². The van der Waals surface area contributed by atoms with E-state index in [1.54, 1.807) is 6.26 Å². The van der Waals surface area contributed by atoms with Crippen molar-refractivity contribution in [3.63, 3.8) is 0 Å². The first-order valence-electron chi connectivity index (χ1n) is 2.44. The van der Waals surface area contributed by atoms with Gasteiger partial charge < -0.3 is 10.5 Å². The number of nitrogens with two attached hydrogens (primary N) is 1. The van der Waals surface area contributed by atoms with Crippen LogP contribution in [0.1, 0.15) is 6.42 Å². The molecule has 0 radical (unpaired) electrons. The molecule has 1 atom stereocenters. The zero-order chi connectivity index (χ0) is 5.11. The Morgan fingerprint density at radius 1 is 1.86 bits per heavy atom. The van der Waals surface area contributed by atoms with Crippen LogP contribution in [0.25, 0.3) is 0 Å². The van der Waals surface area contributed by atoms with Crippen molar-refractivity contribution in [2.45, 2.75) is 12.5 Å². The van der Waals surface area contributed by atoms with Crippen molar-refractivity contribution >= 4 is 0 Å². The molecule has 1 aliphatic rings. The molecule has 0 amide bonds. The maximum absolute atomic E-state index is 5.27. The molecule has 1 aliphatic heterocycles. The van der Waals surface area contributed by atoms with Crippen molar-refractivity contribution in [2.24, 2.45) is 5.73 Å². The summed E-state index contributed by atoms with van der Waals surface area (Å²) in [5.41, 5.74) is 5.27. The monoisotopic (exact) mass is 99.1 g/mol. The predicted octanol–water partition coefficient (Wildman–Crippen LogP) is 0.248. The van der Waals surface area contributed by atoms with Crippen LogP contribution in [0.3, 0.4) is 0 Å². The van der Waals surface area contributed by atoms with Gasteiger partial charge in [-0.2, -0.15) is 0 Å². The summed E-state index contributed by atoms with van der Waals surface area (Å²) < 4.78 is 5.00. The number of hydrogen-bond acceptors (Lipinski definition) is 2. The van der Waals surface area contributed by atoms with Gasteiger partial charge in [-0.3, -0.25) is 0 Å². The van der Waals surface area contributed by atoms with Crippen molar-refractivity contribution in [1.82, 2.24) is 0 Å². The van der Waals surface area contributed by atoms with E-state index >= 15 is 0 Å². The first kappa shape index (κ1) is 4.65. The molecule has 7 heavy (non-hydrogen) atoms. The average Bonchev–Trinajstić information content (AvgIpc) is 2.14. The van der Waals surface area contributed by atoms with Crippen LogP contribution in [0.2, 0.25) is 0 Å². The van der Waals surface area contributed by atoms with Gasteiger partial charge in [-0.15, -0.1) is 0 Å². The molecule has 0 spiro atoms. The van der Waals surface area contributed by atoms with E-state index in [1.165, 1.54) is 0 Å². The minimum absolute atomic E-state index is 0.264. The molecular formula is C5H9NO. The summed E-state index contributed by atoms with van der Waals surface area (Å²) in [5.74, 6) is 0. The lowest BCUT2D eigenvalue weighted by Gasteiger charge is -2.03. The Morgan fingerprint density at radius 2 is 2.71 bits per heavy atom. The zero-order valence-corrected chi connectivity index (χ0v) is 4.13. The molecule has 40 valence electrons. The molecule has 1 heterocycles. The summed E-state index contributed by atoms with van der Waals surface area (Å²) in [6.45, 7) is 0.632. The Bertz CT molecular complexity index is 72.1. The lowest BCUT2D eigenvalue weighted by atomic mass is 10.3. The second-order valence-electron chi connectivity index (χ2n) is 1.60. The molecule has 0 bridgehead atoms. The molecule has 0 saturated heterocycles. The summed E-state index contributed by atoms with van der Waals surface area (Å²) in [7, 11) is 0. The van der Waals surface area contributed by atoms with Gasteiger partial charge in [-0.05, 0) is 6.08 Å². The van der Waals surface area contributed by atoms with Gasteiger partial charge in [0, 0.05) is 13.0 Å². The van der Waals surface area contributed by atoms with E-state index in [4.69, 9.17) is 10.5 Å². The van der Waals surface area contributed by atoms with Crippen LogP contribution in [-0.4, -0.2) is 12.6 Å². The molecule has 2 nitrogen and oxygen atoms in total. The van der Waals surface area contributed by atoms with Gasteiger partial charge in [-0.1, -0.05) is 0 Å². The van der Waals surface area contributed by atoms with E-state index in [9.17, 15) is 0 Å². The number of ether oxygens (including phenoxy) is 1. The highest BCUT2D eigenvalue weighted by atomic mass is 16.5. The van der Waals surface area contributed by atoms with Crippen molar-refractivity contribution in [3.8, 4) is 0 Å². The summed E-state index contributed by atoms with van der Waals surface area (Å²) in [6, 6.07) is 0. The van der Waals surface area contributed by atoms with Crippen molar-refractivity contribution in [3.05, 3.63) is 12.3 Å². The highest BCUT2D eigenvalue weighted by molar-refractivity contribution is 4.86. The standard InChI is InChI=1S/C5H9NO/c6-4-5-2-1-3-7-5/h1,3,5H,2,4,6H2/t5-/m0/s1. The Labute approximate surface area is 43.0 Å². The molecule has 0 aromatic heterocycles. The lowest BCUT2D eigenvalue weighted by molar-refractivity contribution is 0.178. The van der Waals surface area contributed by atoms with Gasteiger partial charge in [0.05, 0.1) is 6.26 Å². The molecule has 0 aromatic carbocycles. The molecule has 0 aliphatic carbocycles. The van der Waals surface area contributed by atoms with Crippen LogP contribution in [-0.2, 0) is 4.74 Å². The highest BCUT2D eigenvalue weighted by Crippen LogP contribution is 2.05. The molecule has 0 unspecified atom stereocenters. The SMILES string of the molecule is NC[C@@H]1CC=CO1. The van der Waals surface area contributed by atoms with E-state index in [-0.39, 0.29) is 6.10 Å². The fourth-order valence-electron chi connectivity index (χ4n) is 0.581. The van der Waals surface area contributed by atoms with Gasteiger partial charge in [0.15, 0.2) is 0 Å². The second kappa shape index (κ2) is 1.98. The maximum Gasteiger partial charge on any atom is 0.113 e. The first-order valence-corrected chi connectivity index (χ1v) is 2.44. The molecule has 0 saturated carbocycles. The van der Waals surface area contributed by atoms with Gasteiger partial charge in [-0.25, -0.2) is 0 Å². The number of rotatable bonds is 1. The predicted molar refractivity (Wildman–Crippen MR) is 27.7 cm³/mol. The van der Waals surface area contributed by atoms with Crippen molar-refractivity contribution in [1.29, 1.82) is 0 Å². The van der Waals surface area contributed by atoms with E-state index in [1.807, 2.05) is 6.08 Å². The molecule has 0 fully saturated rings. The fourth-order valence-corrected chi connectivity index (χ4v) is 0.581.